The van der Waals surface area contributed by atoms with Crippen molar-refractivity contribution in [2.24, 2.45) is 0 Å². The van der Waals surface area contributed by atoms with Crippen molar-refractivity contribution in [2.75, 3.05) is 17.2 Å². The van der Waals surface area contributed by atoms with E-state index in [9.17, 15) is 22.7 Å². The first-order valence-corrected chi connectivity index (χ1v) is 9.18. The SMILES string of the molecule is Nc1ccc(S(=O)(=O)NC2CCS(=O)CC2)cc1[N+](=O)[O-]. The third kappa shape index (κ3) is 3.77. The van der Waals surface area contributed by atoms with Gasteiger partial charge in [-0.3, -0.25) is 14.3 Å². The number of nitrogens with zero attached hydrogens (tertiary/aromatic N) is 1. The Labute approximate surface area is 124 Å². The predicted molar refractivity (Wildman–Crippen MR) is 78.7 cm³/mol. The van der Waals surface area contributed by atoms with E-state index in [0.717, 1.165) is 6.07 Å². The summed E-state index contributed by atoms with van der Waals surface area (Å²) in [5.74, 6) is 0.907. The highest BCUT2D eigenvalue weighted by atomic mass is 32.2. The van der Waals surface area contributed by atoms with Gasteiger partial charge in [0.25, 0.3) is 5.69 Å². The molecule has 1 aliphatic heterocycles. The standard InChI is InChI=1S/C11H15N3O5S2/c12-10-2-1-9(7-11(10)14(15)16)21(18,19)13-8-3-5-20(17)6-4-8/h1-2,7-8,13H,3-6,12H2. The summed E-state index contributed by atoms with van der Waals surface area (Å²) in [7, 11) is -4.75. The predicted octanol–water partition coefficient (Wildman–Crippen LogP) is 0.366. The Kier molecular flexibility index (Phi) is 4.59. The van der Waals surface area contributed by atoms with Gasteiger partial charge in [0.2, 0.25) is 10.0 Å². The van der Waals surface area contributed by atoms with Crippen molar-refractivity contribution in [2.45, 2.75) is 23.8 Å². The monoisotopic (exact) mass is 333 g/mol. The Morgan fingerprint density at radius 2 is 1.95 bits per heavy atom. The topological polar surface area (TPSA) is 132 Å². The van der Waals surface area contributed by atoms with Gasteiger partial charge in [0.05, 0.1) is 9.82 Å². The minimum atomic E-state index is -3.86. The molecule has 1 fully saturated rings. The number of hydrogen-bond donors (Lipinski definition) is 2. The van der Waals surface area contributed by atoms with Crippen LogP contribution in [0.25, 0.3) is 0 Å². The first-order chi connectivity index (χ1) is 9.79. The van der Waals surface area contributed by atoms with E-state index in [1.54, 1.807) is 0 Å². The number of nitrogens with one attached hydrogen (secondary N) is 1. The smallest absolute Gasteiger partial charge is 0.293 e. The summed E-state index contributed by atoms with van der Waals surface area (Å²) in [5, 5.41) is 10.8. The molecule has 0 radical (unpaired) electrons. The number of rotatable bonds is 4. The maximum absolute atomic E-state index is 12.2. The molecule has 1 heterocycles. The zero-order valence-electron chi connectivity index (χ0n) is 11.0. The molecule has 1 saturated heterocycles. The molecule has 21 heavy (non-hydrogen) atoms. The second kappa shape index (κ2) is 6.08. The van der Waals surface area contributed by atoms with Crippen LogP contribution in [0.2, 0.25) is 0 Å². The number of nitro groups is 1. The lowest BCUT2D eigenvalue weighted by molar-refractivity contribution is -0.384. The summed E-state index contributed by atoms with van der Waals surface area (Å²) in [6.45, 7) is 0. The van der Waals surface area contributed by atoms with Crippen molar-refractivity contribution >= 4 is 32.2 Å². The van der Waals surface area contributed by atoms with Gasteiger partial charge in [-0.15, -0.1) is 0 Å². The molecule has 0 aliphatic carbocycles. The molecule has 0 bridgehead atoms. The van der Waals surface area contributed by atoms with Crippen LogP contribution in [-0.2, 0) is 20.8 Å². The molecule has 2 rings (SSSR count). The van der Waals surface area contributed by atoms with Gasteiger partial charge >= 0.3 is 0 Å². The largest absolute Gasteiger partial charge is 0.393 e. The fourth-order valence-electron chi connectivity index (χ4n) is 2.05. The second-order valence-electron chi connectivity index (χ2n) is 4.72. The van der Waals surface area contributed by atoms with E-state index < -0.39 is 31.4 Å². The van der Waals surface area contributed by atoms with E-state index >= 15 is 0 Å². The normalized spacial score (nSPS) is 22.9. The second-order valence-corrected chi connectivity index (χ2v) is 8.13. The average Bonchev–Trinajstić information content (AvgIpc) is 2.41. The molecule has 0 atom stereocenters. The number of nitro benzene ring substituents is 1. The molecule has 1 aromatic rings. The third-order valence-electron chi connectivity index (χ3n) is 3.22. The molecule has 0 amide bonds. The number of nitrogens with two attached hydrogens (primary N) is 1. The van der Waals surface area contributed by atoms with E-state index in [1.165, 1.54) is 12.1 Å². The van der Waals surface area contributed by atoms with E-state index in [-0.39, 0.29) is 16.6 Å². The van der Waals surface area contributed by atoms with Gasteiger partial charge < -0.3 is 5.73 Å². The van der Waals surface area contributed by atoms with Gasteiger partial charge in [0.15, 0.2) is 0 Å². The Morgan fingerprint density at radius 3 is 2.52 bits per heavy atom. The average molecular weight is 333 g/mol. The van der Waals surface area contributed by atoms with E-state index in [1.807, 2.05) is 0 Å². The zero-order valence-corrected chi connectivity index (χ0v) is 12.7. The van der Waals surface area contributed by atoms with Crippen molar-refractivity contribution in [3.05, 3.63) is 28.3 Å². The van der Waals surface area contributed by atoms with Crippen molar-refractivity contribution in [3.8, 4) is 0 Å². The molecule has 0 aromatic heterocycles. The minimum Gasteiger partial charge on any atom is -0.393 e. The molecule has 1 aromatic carbocycles. The number of anilines is 1. The Bertz CT molecular complexity index is 679. The number of nitrogen functional groups attached to an aromatic ring is 1. The number of sulfonamides is 1. The van der Waals surface area contributed by atoms with Crippen LogP contribution >= 0.6 is 0 Å². The maximum atomic E-state index is 12.2. The van der Waals surface area contributed by atoms with Crippen molar-refractivity contribution in [1.82, 2.24) is 4.72 Å². The molecule has 10 heteroatoms. The van der Waals surface area contributed by atoms with Gasteiger partial charge in [-0.25, -0.2) is 13.1 Å². The molecule has 8 nitrogen and oxygen atoms in total. The minimum absolute atomic E-state index is 0.0907. The molecular formula is C11H15N3O5S2. The van der Waals surface area contributed by atoms with Gasteiger partial charge in [-0.1, -0.05) is 0 Å². The summed E-state index contributed by atoms with van der Waals surface area (Å²) in [6.07, 6.45) is 0.978. The van der Waals surface area contributed by atoms with Crippen LogP contribution in [0.1, 0.15) is 12.8 Å². The fraction of sp³-hybridized carbons (Fsp3) is 0.455. The quantitative estimate of drug-likeness (QED) is 0.464. The molecule has 0 unspecified atom stereocenters. The summed E-state index contributed by atoms with van der Waals surface area (Å²) in [4.78, 5) is 9.88. The maximum Gasteiger partial charge on any atom is 0.293 e. The van der Waals surface area contributed by atoms with Crippen molar-refractivity contribution in [3.63, 3.8) is 0 Å². The Morgan fingerprint density at radius 1 is 1.33 bits per heavy atom. The molecule has 3 N–H and O–H groups in total. The fourth-order valence-corrected chi connectivity index (χ4v) is 4.67. The first-order valence-electron chi connectivity index (χ1n) is 6.21. The lowest BCUT2D eigenvalue weighted by Gasteiger charge is -2.22. The molecular weight excluding hydrogens is 318 g/mol. The van der Waals surface area contributed by atoms with E-state index in [0.29, 0.717) is 24.3 Å². The highest BCUT2D eigenvalue weighted by molar-refractivity contribution is 7.89. The highest BCUT2D eigenvalue weighted by Crippen LogP contribution is 2.25. The summed E-state index contributed by atoms with van der Waals surface area (Å²) < 4.78 is 38.2. The summed E-state index contributed by atoms with van der Waals surface area (Å²) >= 11 is 0. The van der Waals surface area contributed by atoms with Crippen LogP contribution < -0.4 is 10.5 Å². The van der Waals surface area contributed by atoms with Crippen molar-refractivity contribution < 1.29 is 17.6 Å². The Hall–Kier alpha value is -1.52. The number of benzene rings is 1. The Balaban J connectivity index is 2.21. The van der Waals surface area contributed by atoms with Gasteiger partial charge in [-0.2, -0.15) is 0 Å². The van der Waals surface area contributed by atoms with Crippen LogP contribution in [0.4, 0.5) is 11.4 Å². The molecule has 116 valence electrons. The van der Waals surface area contributed by atoms with Crippen LogP contribution in [0.5, 0.6) is 0 Å². The third-order valence-corrected chi connectivity index (χ3v) is 6.12. The van der Waals surface area contributed by atoms with Crippen molar-refractivity contribution in [1.29, 1.82) is 0 Å². The van der Waals surface area contributed by atoms with Gasteiger partial charge in [0.1, 0.15) is 5.69 Å². The lowest BCUT2D eigenvalue weighted by Crippen LogP contribution is -2.39. The van der Waals surface area contributed by atoms with Gasteiger partial charge in [0, 0.05) is 34.4 Å². The van der Waals surface area contributed by atoms with Crippen LogP contribution in [0, 0.1) is 10.1 Å². The van der Waals surface area contributed by atoms with E-state index in [2.05, 4.69) is 4.72 Å². The first kappa shape index (κ1) is 15.9. The summed E-state index contributed by atoms with van der Waals surface area (Å²) in [6, 6.07) is 3.07. The highest BCUT2D eigenvalue weighted by Gasteiger charge is 2.26. The van der Waals surface area contributed by atoms with Crippen LogP contribution in [0.3, 0.4) is 0 Å². The molecule has 0 spiro atoms. The van der Waals surface area contributed by atoms with Gasteiger partial charge in [-0.05, 0) is 25.0 Å². The van der Waals surface area contributed by atoms with Crippen LogP contribution in [0.15, 0.2) is 23.1 Å². The van der Waals surface area contributed by atoms with Crippen LogP contribution in [-0.4, -0.2) is 35.1 Å². The van der Waals surface area contributed by atoms with E-state index in [4.69, 9.17) is 5.73 Å². The zero-order chi connectivity index (χ0) is 15.6. The summed E-state index contributed by atoms with van der Waals surface area (Å²) in [5.41, 5.74) is 4.91. The molecule has 1 aliphatic rings. The molecule has 0 saturated carbocycles. The lowest BCUT2D eigenvalue weighted by atomic mass is 10.2. The number of hydrogen-bond acceptors (Lipinski definition) is 6.